The third-order valence-electron chi connectivity index (χ3n) is 4.16. The first-order chi connectivity index (χ1) is 15.0. The largest absolute Gasteiger partial charge is 0.417 e. The molecule has 8 nitrogen and oxygen atoms in total. The molecule has 0 spiro atoms. The van der Waals surface area contributed by atoms with Gasteiger partial charge < -0.3 is 16.2 Å². The monoisotopic (exact) mass is 506 g/mol. The minimum absolute atomic E-state index is 0.0000891. The molecule has 0 fully saturated rings. The van der Waals surface area contributed by atoms with E-state index in [1.807, 2.05) is 0 Å². The van der Waals surface area contributed by atoms with Crippen molar-refractivity contribution in [3.63, 3.8) is 0 Å². The number of rotatable bonds is 6. The van der Waals surface area contributed by atoms with E-state index in [0.717, 1.165) is 29.8 Å². The summed E-state index contributed by atoms with van der Waals surface area (Å²) >= 11 is 12.6. The number of thiazole rings is 1. The molecule has 0 saturated heterocycles. The zero-order chi connectivity index (χ0) is 23.6. The quantitative estimate of drug-likeness (QED) is 0.364. The van der Waals surface area contributed by atoms with E-state index in [-0.39, 0.29) is 27.1 Å². The Labute approximate surface area is 193 Å². The van der Waals surface area contributed by atoms with Crippen molar-refractivity contribution in [3.8, 4) is 0 Å². The first-order valence-corrected chi connectivity index (χ1v) is 10.4. The highest BCUT2D eigenvalue weighted by Gasteiger charge is 2.33. The molecule has 1 amide bonds. The number of carbonyl (C=O) groups excluding carboxylic acids is 1. The lowest BCUT2D eigenvalue weighted by Gasteiger charge is -2.18. The van der Waals surface area contributed by atoms with Crippen molar-refractivity contribution in [2.45, 2.75) is 25.4 Å². The molecule has 2 aromatic heterocycles. The number of aliphatic hydroxyl groups is 1. The van der Waals surface area contributed by atoms with Crippen LogP contribution in [0.25, 0.3) is 0 Å². The molecule has 3 rings (SSSR count). The summed E-state index contributed by atoms with van der Waals surface area (Å²) < 4.78 is 39.0. The van der Waals surface area contributed by atoms with Crippen LogP contribution in [0.1, 0.15) is 45.1 Å². The van der Waals surface area contributed by atoms with Crippen LogP contribution in [0.15, 0.2) is 30.7 Å². The highest BCUT2D eigenvalue weighted by Crippen LogP contribution is 2.36. The van der Waals surface area contributed by atoms with Gasteiger partial charge in [-0.25, -0.2) is 15.0 Å². The first-order valence-electron chi connectivity index (χ1n) is 8.81. The van der Waals surface area contributed by atoms with Gasteiger partial charge in [0.2, 0.25) is 0 Å². The van der Waals surface area contributed by atoms with Gasteiger partial charge in [-0.2, -0.15) is 13.2 Å². The molecule has 14 heteroatoms. The van der Waals surface area contributed by atoms with Crippen molar-refractivity contribution >= 4 is 52.0 Å². The number of aromatic nitrogens is 3. The van der Waals surface area contributed by atoms with Crippen LogP contribution in [0.3, 0.4) is 0 Å². The summed E-state index contributed by atoms with van der Waals surface area (Å²) in [7, 11) is 0. The lowest BCUT2D eigenvalue weighted by atomic mass is 10.2. The molecule has 0 saturated carbocycles. The van der Waals surface area contributed by atoms with Crippen molar-refractivity contribution in [2.75, 3.05) is 11.1 Å². The van der Waals surface area contributed by atoms with Gasteiger partial charge in [0.05, 0.1) is 22.8 Å². The summed E-state index contributed by atoms with van der Waals surface area (Å²) in [4.78, 5) is 24.3. The maximum Gasteiger partial charge on any atom is 0.417 e. The fourth-order valence-corrected chi connectivity index (χ4v) is 3.83. The molecule has 1 aromatic carbocycles. The number of nitrogen functional groups attached to an aromatic ring is 1. The molecule has 3 aromatic rings. The van der Waals surface area contributed by atoms with Gasteiger partial charge in [0.1, 0.15) is 39.0 Å². The van der Waals surface area contributed by atoms with E-state index in [2.05, 4.69) is 25.6 Å². The highest BCUT2D eigenvalue weighted by atomic mass is 35.5. The topological polar surface area (TPSA) is 126 Å². The molecule has 2 atom stereocenters. The van der Waals surface area contributed by atoms with E-state index in [1.165, 1.54) is 12.3 Å². The minimum atomic E-state index is -4.66. The number of hydrogen-bond donors (Lipinski definition) is 4. The molecular formula is C18H15Cl2F3N6O2S. The van der Waals surface area contributed by atoms with Gasteiger partial charge in [0.25, 0.3) is 5.91 Å². The van der Waals surface area contributed by atoms with Crippen LogP contribution in [0.5, 0.6) is 0 Å². The van der Waals surface area contributed by atoms with Crippen LogP contribution < -0.4 is 16.4 Å². The van der Waals surface area contributed by atoms with Crippen molar-refractivity contribution < 1.29 is 23.1 Å². The highest BCUT2D eigenvalue weighted by molar-refractivity contribution is 7.13. The number of nitrogens with two attached hydrogens (primary N) is 1. The Balaban J connectivity index is 1.70. The maximum atomic E-state index is 13.0. The number of nitrogens with one attached hydrogen (secondary N) is 2. The van der Waals surface area contributed by atoms with Gasteiger partial charge in [-0.3, -0.25) is 10.1 Å². The number of anilines is 2. The third kappa shape index (κ3) is 5.45. The number of amides is 1. The average Bonchev–Trinajstić information content (AvgIpc) is 3.21. The molecule has 0 aliphatic carbocycles. The lowest BCUT2D eigenvalue weighted by molar-refractivity contribution is -0.137. The summed E-state index contributed by atoms with van der Waals surface area (Å²) in [6.07, 6.45) is -3.53. The molecule has 5 N–H and O–H groups in total. The van der Waals surface area contributed by atoms with Crippen molar-refractivity contribution in [2.24, 2.45) is 0 Å². The second kappa shape index (κ2) is 9.55. The number of carbonyl (C=O) groups is 1. The van der Waals surface area contributed by atoms with Gasteiger partial charge in [0, 0.05) is 5.69 Å². The summed E-state index contributed by atoms with van der Waals surface area (Å²) in [5.74, 6) is -0.641. The van der Waals surface area contributed by atoms with E-state index in [0.29, 0.717) is 5.01 Å². The standard InChI is InChI=1S/C18H15Cl2F3N6O2S/c1-7(28-16(31)13-12(20)14(24)27-6-26-13)17-25-5-11(32-17)15(30)29-8-2-3-10(19)9(4-8)18(21,22)23/h2-7,16,28,31H,1H3,(H,29,30)(H2,24,26,27)/t7-,16?/m1/s1. The van der Waals surface area contributed by atoms with Crippen molar-refractivity contribution in [3.05, 3.63) is 61.9 Å². The van der Waals surface area contributed by atoms with Crippen LogP contribution in [0, 0.1) is 0 Å². The van der Waals surface area contributed by atoms with E-state index in [9.17, 15) is 23.1 Å². The predicted molar refractivity (Wildman–Crippen MR) is 114 cm³/mol. The number of nitrogens with zero attached hydrogens (tertiary/aromatic N) is 3. The van der Waals surface area contributed by atoms with Crippen LogP contribution in [-0.4, -0.2) is 26.0 Å². The summed E-state index contributed by atoms with van der Waals surface area (Å²) in [6, 6.07) is 2.53. The van der Waals surface area contributed by atoms with Gasteiger partial charge in [-0.05, 0) is 25.1 Å². The molecular weight excluding hydrogens is 492 g/mol. The number of alkyl halides is 3. The zero-order valence-corrected chi connectivity index (χ0v) is 18.4. The predicted octanol–water partition coefficient (Wildman–Crippen LogP) is 4.43. The van der Waals surface area contributed by atoms with Gasteiger partial charge in [-0.1, -0.05) is 23.2 Å². The Hall–Kier alpha value is -2.51. The van der Waals surface area contributed by atoms with E-state index in [1.54, 1.807) is 6.92 Å². The maximum absolute atomic E-state index is 13.0. The second-order valence-electron chi connectivity index (χ2n) is 6.46. The molecule has 32 heavy (non-hydrogen) atoms. The molecule has 2 heterocycles. The third-order valence-corrected chi connectivity index (χ3v) is 6.05. The fourth-order valence-electron chi connectivity index (χ4n) is 2.58. The lowest BCUT2D eigenvalue weighted by Crippen LogP contribution is -2.25. The normalized spacial score (nSPS) is 13.6. The SMILES string of the molecule is C[C@@H](NC(O)c1ncnc(N)c1Cl)c1ncc(C(=O)Nc2ccc(Cl)c(C(F)(F)F)c2)s1. The van der Waals surface area contributed by atoms with Crippen LogP contribution in [0.4, 0.5) is 24.7 Å². The minimum Gasteiger partial charge on any atom is -0.382 e. The van der Waals surface area contributed by atoms with Crippen molar-refractivity contribution in [1.29, 1.82) is 0 Å². The van der Waals surface area contributed by atoms with Gasteiger partial charge in [0.15, 0.2) is 0 Å². The summed E-state index contributed by atoms with van der Waals surface area (Å²) in [5.41, 5.74) is 4.54. The van der Waals surface area contributed by atoms with Gasteiger partial charge >= 0.3 is 6.18 Å². The van der Waals surface area contributed by atoms with Crippen LogP contribution in [-0.2, 0) is 6.18 Å². The second-order valence-corrected chi connectivity index (χ2v) is 8.31. The van der Waals surface area contributed by atoms with Crippen LogP contribution in [0.2, 0.25) is 10.0 Å². The number of benzene rings is 1. The smallest absolute Gasteiger partial charge is 0.382 e. The molecule has 0 radical (unpaired) electrons. The molecule has 0 bridgehead atoms. The Kier molecular flexibility index (Phi) is 7.20. The molecule has 0 aliphatic heterocycles. The van der Waals surface area contributed by atoms with E-state index < -0.39 is 34.9 Å². The van der Waals surface area contributed by atoms with E-state index in [4.69, 9.17) is 28.9 Å². The van der Waals surface area contributed by atoms with E-state index >= 15 is 0 Å². The van der Waals surface area contributed by atoms with Gasteiger partial charge in [-0.15, -0.1) is 11.3 Å². The summed E-state index contributed by atoms with van der Waals surface area (Å²) in [5, 5.41) is 15.5. The number of hydrogen-bond acceptors (Lipinski definition) is 8. The number of halogens is 5. The average molecular weight is 507 g/mol. The number of aliphatic hydroxyl groups excluding tert-OH is 1. The first kappa shape index (κ1) is 24.1. The molecule has 0 aliphatic rings. The Morgan fingerprint density at radius 3 is 2.66 bits per heavy atom. The Bertz CT molecular complexity index is 1140. The fraction of sp³-hybridized carbons (Fsp3) is 0.222. The summed E-state index contributed by atoms with van der Waals surface area (Å²) in [6.45, 7) is 1.68. The van der Waals surface area contributed by atoms with Crippen LogP contribution >= 0.6 is 34.5 Å². The molecule has 170 valence electrons. The Morgan fingerprint density at radius 2 is 1.97 bits per heavy atom. The zero-order valence-electron chi connectivity index (χ0n) is 16.1. The Morgan fingerprint density at radius 1 is 1.25 bits per heavy atom. The molecule has 1 unspecified atom stereocenters. The van der Waals surface area contributed by atoms with Crippen molar-refractivity contribution in [1.82, 2.24) is 20.3 Å².